The molecule has 2 N–H and O–H groups in total. The molecule has 2 aromatic carbocycles. The number of carbonyl (C=O) groups excluding carboxylic acids is 1. The van der Waals surface area contributed by atoms with Crippen LogP contribution in [0.3, 0.4) is 0 Å². The lowest BCUT2D eigenvalue weighted by Crippen LogP contribution is -2.21. The van der Waals surface area contributed by atoms with Crippen molar-refractivity contribution in [1.29, 1.82) is 0 Å². The van der Waals surface area contributed by atoms with Crippen LogP contribution >= 0.6 is 0 Å². The molecular formula is C20H26N2O2. The van der Waals surface area contributed by atoms with Crippen LogP contribution in [0.1, 0.15) is 25.8 Å². The summed E-state index contributed by atoms with van der Waals surface area (Å²) in [7, 11) is 0. The molecule has 0 aliphatic carbocycles. The van der Waals surface area contributed by atoms with E-state index in [1.807, 2.05) is 55.5 Å². The van der Waals surface area contributed by atoms with Gasteiger partial charge in [-0.05, 0) is 61.2 Å². The normalized spacial score (nSPS) is 10.5. The molecule has 0 saturated heterocycles. The summed E-state index contributed by atoms with van der Waals surface area (Å²) in [6.45, 7) is 7.31. The number of aryl methyl sites for hydroxylation is 1. The summed E-state index contributed by atoms with van der Waals surface area (Å²) in [6, 6.07) is 15.4. The molecule has 0 heterocycles. The second-order valence-corrected chi connectivity index (χ2v) is 6.33. The Morgan fingerprint density at radius 1 is 1.08 bits per heavy atom. The van der Waals surface area contributed by atoms with E-state index in [2.05, 4.69) is 24.5 Å². The van der Waals surface area contributed by atoms with E-state index >= 15 is 0 Å². The summed E-state index contributed by atoms with van der Waals surface area (Å²) >= 11 is 0. The number of benzene rings is 2. The Morgan fingerprint density at radius 3 is 2.50 bits per heavy atom. The van der Waals surface area contributed by atoms with E-state index in [0.29, 0.717) is 12.5 Å². The maximum Gasteiger partial charge on any atom is 0.243 e. The summed E-state index contributed by atoms with van der Waals surface area (Å²) in [5, 5.41) is 5.99. The van der Waals surface area contributed by atoms with Crippen LogP contribution in [-0.2, 0) is 4.79 Å². The molecule has 0 aromatic heterocycles. The zero-order valence-corrected chi connectivity index (χ0v) is 14.6. The van der Waals surface area contributed by atoms with Crippen LogP contribution in [0.15, 0.2) is 48.5 Å². The minimum atomic E-state index is -0.0787. The number of ether oxygens (including phenoxy) is 1. The zero-order valence-electron chi connectivity index (χ0n) is 14.6. The minimum absolute atomic E-state index is 0.0787. The van der Waals surface area contributed by atoms with Crippen LogP contribution < -0.4 is 15.4 Å². The first-order valence-electron chi connectivity index (χ1n) is 8.36. The van der Waals surface area contributed by atoms with Gasteiger partial charge in [0.2, 0.25) is 5.91 Å². The molecule has 0 aliphatic heterocycles. The van der Waals surface area contributed by atoms with Gasteiger partial charge in [0, 0.05) is 11.4 Å². The molecule has 4 heteroatoms. The van der Waals surface area contributed by atoms with Crippen LogP contribution in [0.25, 0.3) is 0 Å². The third-order valence-electron chi connectivity index (χ3n) is 3.57. The van der Waals surface area contributed by atoms with Gasteiger partial charge in [0.05, 0.1) is 13.2 Å². The van der Waals surface area contributed by atoms with E-state index in [1.165, 1.54) is 0 Å². The number of hydrogen-bond donors (Lipinski definition) is 2. The third kappa shape index (κ3) is 6.32. The van der Waals surface area contributed by atoms with E-state index in [-0.39, 0.29) is 12.5 Å². The van der Waals surface area contributed by atoms with Crippen molar-refractivity contribution in [2.24, 2.45) is 5.92 Å². The van der Waals surface area contributed by atoms with Gasteiger partial charge in [-0.3, -0.25) is 4.79 Å². The lowest BCUT2D eigenvalue weighted by atomic mass is 10.1. The fourth-order valence-corrected chi connectivity index (χ4v) is 2.19. The largest absolute Gasteiger partial charge is 0.494 e. The van der Waals surface area contributed by atoms with Gasteiger partial charge in [0.15, 0.2) is 0 Å². The summed E-state index contributed by atoms with van der Waals surface area (Å²) in [6.07, 6.45) is 1.03. The van der Waals surface area contributed by atoms with Gasteiger partial charge < -0.3 is 15.4 Å². The molecule has 0 fully saturated rings. The van der Waals surface area contributed by atoms with Crippen molar-refractivity contribution >= 4 is 17.3 Å². The Morgan fingerprint density at radius 2 is 1.83 bits per heavy atom. The van der Waals surface area contributed by atoms with Gasteiger partial charge in [-0.1, -0.05) is 26.0 Å². The number of hydrogen-bond acceptors (Lipinski definition) is 3. The Kier molecular flexibility index (Phi) is 6.67. The van der Waals surface area contributed by atoms with Gasteiger partial charge in [-0.15, -0.1) is 0 Å². The lowest BCUT2D eigenvalue weighted by Gasteiger charge is -2.10. The molecule has 0 unspecified atom stereocenters. The fourth-order valence-electron chi connectivity index (χ4n) is 2.19. The number of anilines is 2. The minimum Gasteiger partial charge on any atom is -0.494 e. The molecule has 0 radical (unpaired) electrons. The van der Waals surface area contributed by atoms with Gasteiger partial charge in [-0.25, -0.2) is 0 Å². The number of amides is 1. The monoisotopic (exact) mass is 326 g/mol. The lowest BCUT2D eigenvalue weighted by molar-refractivity contribution is -0.114. The average molecular weight is 326 g/mol. The van der Waals surface area contributed by atoms with Crippen molar-refractivity contribution in [3.63, 3.8) is 0 Å². The van der Waals surface area contributed by atoms with Gasteiger partial charge in [-0.2, -0.15) is 0 Å². The fraction of sp³-hybridized carbons (Fsp3) is 0.350. The molecule has 0 bridgehead atoms. The van der Waals surface area contributed by atoms with Crippen LogP contribution in [0.2, 0.25) is 0 Å². The van der Waals surface area contributed by atoms with E-state index in [0.717, 1.165) is 29.1 Å². The van der Waals surface area contributed by atoms with Crippen molar-refractivity contribution < 1.29 is 9.53 Å². The smallest absolute Gasteiger partial charge is 0.243 e. The van der Waals surface area contributed by atoms with E-state index in [1.54, 1.807) is 0 Å². The first-order valence-corrected chi connectivity index (χ1v) is 8.36. The maximum atomic E-state index is 12.0. The highest BCUT2D eigenvalue weighted by Crippen LogP contribution is 2.16. The van der Waals surface area contributed by atoms with Crippen molar-refractivity contribution in [2.45, 2.75) is 27.2 Å². The second-order valence-electron chi connectivity index (χ2n) is 6.33. The Hall–Kier alpha value is -2.49. The van der Waals surface area contributed by atoms with Gasteiger partial charge >= 0.3 is 0 Å². The summed E-state index contributed by atoms with van der Waals surface area (Å²) in [5.41, 5.74) is 2.87. The van der Waals surface area contributed by atoms with E-state index < -0.39 is 0 Å². The summed E-state index contributed by atoms with van der Waals surface area (Å²) < 4.78 is 5.67. The average Bonchev–Trinajstić information content (AvgIpc) is 2.54. The van der Waals surface area contributed by atoms with Crippen molar-refractivity contribution in [1.82, 2.24) is 0 Å². The van der Waals surface area contributed by atoms with E-state index in [4.69, 9.17) is 4.74 Å². The Bertz CT molecular complexity index is 651. The van der Waals surface area contributed by atoms with Crippen LogP contribution in [0.5, 0.6) is 5.75 Å². The predicted octanol–water partition coefficient (Wildman–Crippen LogP) is 4.47. The Balaban J connectivity index is 1.77. The van der Waals surface area contributed by atoms with Crippen molar-refractivity contribution in [2.75, 3.05) is 23.8 Å². The highest BCUT2D eigenvalue weighted by Gasteiger charge is 2.03. The molecule has 0 atom stereocenters. The predicted molar refractivity (Wildman–Crippen MR) is 99.7 cm³/mol. The number of carbonyl (C=O) groups is 1. The first kappa shape index (κ1) is 17.9. The SMILES string of the molecule is Cc1cccc(NCC(=O)Nc2ccc(OCCC(C)C)cc2)c1. The molecule has 2 rings (SSSR count). The van der Waals surface area contributed by atoms with Crippen LogP contribution in [0.4, 0.5) is 11.4 Å². The molecule has 0 saturated carbocycles. The zero-order chi connectivity index (χ0) is 17.4. The van der Waals surface area contributed by atoms with Gasteiger partial charge in [0.1, 0.15) is 5.75 Å². The summed E-state index contributed by atoms with van der Waals surface area (Å²) in [4.78, 5) is 12.0. The standard InChI is InChI=1S/C20H26N2O2/c1-15(2)11-12-24-19-9-7-17(8-10-19)22-20(23)14-21-18-6-4-5-16(3)13-18/h4-10,13,15,21H,11-12,14H2,1-3H3,(H,22,23). The maximum absolute atomic E-state index is 12.0. The molecule has 0 spiro atoms. The molecule has 24 heavy (non-hydrogen) atoms. The van der Waals surface area contributed by atoms with Gasteiger partial charge in [0.25, 0.3) is 0 Å². The number of nitrogens with one attached hydrogen (secondary N) is 2. The van der Waals surface area contributed by atoms with Crippen LogP contribution in [-0.4, -0.2) is 19.1 Å². The third-order valence-corrected chi connectivity index (χ3v) is 3.57. The van der Waals surface area contributed by atoms with Crippen molar-refractivity contribution in [3.8, 4) is 5.75 Å². The molecule has 0 aliphatic rings. The highest BCUT2D eigenvalue weighted by molar-refractivity contribution is 5.93. The quantitative estimate of drug-likeness (QED) is 0.752. The highest BCUT2D eigenvalue weighted by atomic mass is 16.5. The van der Waals surface area contributed by atoms with E-state index in [9.17, 15) is 4.79 Å². The topological polar surface area (TPSA) is 50.4 Å². The molecular weight excluding hydrogens is 300 g/mol. The molecule has 1 amide bonds. The Labute approximate surface area is 144 Å². The molecule has 2 aromatic rings. The summed E-state index contributed by atoms with van der Waals surface area (Å²) in [5.74, 6) is 1.38. The number of rotatable bonds is 8. The van der Waals surface area contributed by atoms with Crippen molar-refractivity contribution in [3.05, 3.63) is 54.1 Å². The second kappa shape index (κ2) is 8.96. The first-order chi connectivity index (χ1) is 11.5. The molecule has 128 valence electrons. The van der Waals surface area contributed by atoms with Crippen LogP contribution in [0, 0.1) is 12.8 Å². The molecule has 4 nitrogen and oxygen atoms in total.